The minimum absolute atomic E-state index is 0.0884. The highest BCUT2D eigenvalue weighted by atomic mass is 32.2. The highest BCUT2D eigenvalue weighted by Crippen LogP contribution is 2.22. The average molecular weight is 420 g/mol. The van der Waals surface area contributed by atoms with Gasteiger partial charge in [0.15, 0.2) is 5.82 Å². The molecule has 0 spiro atoms. The van der Waals surface area contributed by atoms with Crippen molar-refractivity contribution in [1.29, 1.82) is 0 Å². The third-order valence-corrected chi connectivity index (χ3v) is 5.58. The molecule has 152 valence electrons. The molecule has 2 heterocycles. The maximum absolute atomic E-state index is 12.4. The Hall–Kier alpha value is -3.65. The van der Waals surface area contributed by atoms with Gasteiger partial charge in [0.05, 0.1) is 5.75 Å². The summed E-state index contributed by atoms with van der Waals surface area (Å²) in [5.74, 6) is 1.47. The van der Waals surface area contributed by atoms with Crippen LogP contribution >= 0.6 is 0 Å². The summed E-state index contributed by atoms with van der Waals surface area (Å²) in [6, 6.07) is 21.4. The normalized spacial score (nSPS) is 11.2. The zero-order valence-electron chi connectivity index (χ0n) is 16.3. The minimum Gasteiger partial charge on any atom is -0.438 e. The number of hydrogen-bond donors (Lipinski definition) is 1. The van der Waals surface area contributed by atoms with Crippen LogP contribution in [0.25, 0.3) is 5.82 Å². The molecule has 30 heavy (non-hydrogen) atoms. The first-order valence-corrected chi connectivity index (χ1v) is 10.9. The molecule has 2 aromatic heterocycles. The van der Waals surface area contributed by atoms with E-state index in [1.807, 2.05) is 60.3 Å². The lowest BCUT2D eigenvalue weighted by Gasteiger charge is -2.10. The molecule has 0 unspecified atom stereocenters. The Morgan fingerprint density at radius 3 is 2.23 bits per heavy atom. The van der Waals surface area contributed by atoms with Gasteiger partial charge in [0.25, 0.3) is 0 Å². The van der Waals surface area contributed by atoms with Gasteiger partial charge in [-0.2, -0.15) is 0 Å². The number of hydrogen-bond acceptors (Lipinski definition) is 5. The van der Waals surface area contributed by atoms with Gasteiger partial charge in [-0.15, -0.1) is 10.2 Å². The predicted molar refractivity (Wildman–Crippen MR) is 115 cm³/mol. The number of anilines is 1. The summed E-state index contributed by atoms with van der Waals surface area (Å²) < 4.78 is 34.9. The second kappa shape index (κ2) is 8.38. The first-order valence-electron chi connectivity index (χ1n) is 9.28. The average Bonchev–Trinajstić information content (AvgIpc) is 3.26. The number of nitrogens with one attached hydrogen (secondary N) is 1. The van der Waals surface area contributed by atoms with Crippen LogP contribution in [0, 0.1) is 6.92 Å². The van der Waals surface area contributed by atoms with Crippen LogP contribution in [0.2, 0.25) is 0 Å². The summed E-state index contributed by atoms with van der Waals surface area (Å²) in [5.41, 5.74) is 2.28. The Labute approximate surface area is 175 Å². The highest BCUT2D eigenvalue weighted by Gasteiger charge is 2.12. The van der Waals surface area contributed by atoms with Crippen molar-refractivity contribution in [3.63, 3.8) is 0 Å². The summed E-state index contributed by atoms with van der Waals surface area (Å²) in [4.78, 5) is 0. The van der Waals surface area contributed by atoms with Gasteiger partial charge in [-0.25, -0.2) is 8.42 Å². The van der Waals surface area contributed by atoms with Gasteiger partial charge < -0.3 is 9.30 Å². The first-order chi connectivity index (χ1) is 14.5. The molecule has 0 fully saturated rings. The van der Waals surface area contributed by atoms with Gasteiger partial charge in [-0.1, -0.05) is 29.8 Å². The van der Waals surface area contributed by atoms with Crippen LogP contribution in [-0.2, 0) is 15.8 Å². The second-order valence-corrected chi connectivity index (χ2v) is 8.52. The van der Waals surface area contributed by atoms with E-state index < -0.39 is 10.0 Å². The Kier molecular flexibility index (Phi) is 5.49. The van der Waals surface area contributed by atoms with E-state index in [2.05, 4.69) is 14.9 Å². The van der Waals surface area contributed by atoms with E-state index in [-0.39, 0.29) is 5.75 Å². The number of ether oxygens (including phenoxy) is 1. The number of benzene rings is 2. The van der Waals surface area contributed by atoms with Gasteiger partial charge in [-0.05, 0) is 55.0 Å². The summed E-state index contributed by atoms with van der Waals surface area (Å²) in [6.07, 6.45) is 3.76. The molecule has 0 amide bonds. The maximum atomic E-state index is 12.4. The van der Waals surface area contributed by atoms with Gasteiger partial charge in [-0.3, -0.25) is 4.72 Å². The zero-order chi connectivity index (χ0) is 21.0. The van der Waals surface area contributed by atoms with Crippen molar-refractivity contribution >= 4 is 15.7 Å². The van der Waals surface area contributed by atoms with Gasteiger partial charge in [0.2, 0.25) is 15.9 Å². The number of sulfonamides is 1. The fourth-order valence-electron chi connectivity index (χ4n) is 2.82. The van der Waals surface area contributed by atoms with Gasteiger partial charge in [0, 0.05) is 24.1 Å². The molecule has 1 N–H and O–H groups in total. The summed E-state index contributed by atoms with van der Waals surface area (Å²) in [6.45, 7) is 1.96. The van der Waals surface area contributed by atoms with Crippen molar-refractivity contribution in [3.8, 4) is 17.4 Å². The van der Waals surface area contributed by atoms with E-state index in [4.69, 9.17) is 4.74 Å². The van der Waals surface area contributed by atoms with E-state index in [1.165, 1.54) is 0 Å². The molecule has 0 bridgehead atoms. The number of aryl methyl sites for hydroxylation is 1. The highest BCUT2D eigenvalue weighted by molar-refractivity contribution is 7.91. The SMILES string of the molecule is Cc1ccc(CS(=O)(=O)Nc2ccc(Oc3ccc(-n4cccc4)nn3)cc2)cc1. The summed E-state index contributed by atoms with van der Waals surface area (Å²) >= 11 is 0. The summed E-state index contributed by atoms with van der Waals surface area (Å²) in [5, 5.41) is 8.19. The molecule has 0 atom stereocenters. The Morgan fingerprint density at radius 1 is 0.900 bits per heavy atom. The minimum atomic E-state index is -3.51. The van der Waals surface area contributed by atoms with E-state index in [1.54, 1.807) is 36.4 Å². The molecule has 4 aromatic rings. The van der Waals surface area contributed by atoms with Crippen LogP contribution in [0.1, 0.15) is 11.1 Å². The van der Waals surface area contributed by atoms with Gasteiger partial charge in [0.1, 0.15) is 5.75 Å². The van der Waals surface area contributed by atoms with Gasteiger partial charge >= 0.3 is 0 Å². The van der Waals surface area contributed by atoms with Crippen molar-refractivity contribution in [2.24, 2.45) is 0 Å². The monoisotopic (exact) mass is 420 g/mol. The van der Waals surface area contributed by atoms with E-state index >= 15 is 0 Å². The predicted octanol–water partition coefficient (Wildman–Crippen LogP) is 4.31. The molecule has 2 aromatic carbocycles. The number of nitrogens with zero attached hydrogens (tertiary/aromatic N) is 3. The molecule has 0 saturated heterocycles. The molecule has 4 rings (SSSR count). The van der Waals surface area contributed by atoms with Crippen molar-refractivity contribution < 1.29 is 13.2 Å². The Bertz CT molecular complexity index is 1200. The standard InChI is InChI=1S/C22H20N4O3S/c1-17-4-6-18(7-5-17)16-30(27,28)25-19-8-10-20(11-9-19)29-22-13-12-21(23-24-22)26-14-2-3-15-26/h2-15,25H,16H2,1H3. The zero-order valence-corrected chi connectivity index (χ0v) is 17.1. The van der Waals surface area contributed by atoms with Crippen LogP contribution < -0.4 is 9.46 Å². The quantitative estimate of drug-likeness (QED) is 0.481. The molecular formula is C22H20N4O3S. The maximum Gasteiger partial charge on any atom is 0.238 e. The molecule has 7 nitrogen and oxygen atoms in total. The molecule has 0 aliphatic rings. The van der Waals surface area contributed by atoms with Crippen molar-refractivity contribution in [3.05, 3.63) is 96.3 Å². The third kappa shape index (κ3) is 5.03. The number of rotatable bonds is 7. The largest absolute Gasteiger partial charge is 0.438 e. The molecular weight excluding hydrogens is 400 g/mol. The molecule has 0 radical (unpaired) electrons. The molecule has 0 aliphatic heterocycles. The van der Waals surface area contributed by atoms with Crippen LogP contribution in [0.3, 0.4) is 0 Å². The van der Waals surface area contributed by atoms with E-state index in [0.29, 0.717) is 23.1 Å². The lowest BCUT2D eigenvalue weighted by Crippen LogP contribution is -2.15. The molecule has 0 saturated carbocycles. The van der Waals surface area contributed by atoms with Crippen molar-refractivity contribution in [1.82, 2.24) is 14.8 Å². The second-order valence-electron chi connectivity index (χ2n) is 6.79. The van der Waals surface area contributed by atoms with E-state index in [9.17, 15) is 8.42 Å². The smallest absolute Gasteiger partial charge is 0.238 e. The summed E-state index contributed by atoms with van der Waals surface area (Å²) in [7, 11) is -3.51. The van der Waals surface area contributed by atoms with Crippen molar-refractivity contribution in [2.45, 2.75) is 12.7 Å². The van der Waals surface area contributed by atoms with E-state index in [0.717, 1.165) is 11.1 Å². The van der Waals surface area contributed by atoms with Crippen LogP contribution in [0.5, 0.6) is 11.6 Å². The fourth-order valence-corrected chi connectivity index (χ4v) is 4.02. The lowest BCUT2D eigenvalue weighted by molar-refractivity contribution is 0.454. The first kappa shape index (κ1) is 19.7. The Morgan fingerprint density at radius 2 is 1.60 bits per heavy atom. The van der Waals surface area contributed by atoms with Crippen molar-refractivity contribution in [2.75, 3.05) is 4.72 Å². The fraction of sp³-hybridized carbons (Fsp3) is 0.0909. The van der Waals surface area contributed by atoms with Crippen LogP contribution in [0.15, 0.2) is 85.2 Å². The third-order valence-electron chi connectivity index (χ3n) is 4.32. The van der Waals surface area contributed by atoms with Crippen LogP contribution in [-0.4, -0.2) is 23.2 Å². The molecule has 8 heteroatoms. The molecule has 0 aliphatic carbocycles. The number of aromatic nitrogens is 3. The lowest BCUT2D eigenvalue weighted by atomic mass is 10.2. The topological polar surface area (TPSA) is 86.1 Å². The Balaban J connectivity index is 1.38. The van der Waals surface area contributed by atoms with Crippen LogP contribution in [0.4, 0.5) is 5.69 Å².